The number of alkyl carbamates (subject to hydrolysis) is 1. The van der Waals surface area contributed by atoms with E-state index in [-0.39, 0.29) is 17.6 Å². The van der Waals surface area contributed by atoms with Crippen molar-refractivity contribution in [2.45, 2.75) is 71.1 Å². The summed E-state index contributed by atoms with van der Waals surface area (Å²) < 4.78 is 7.78. The van der Waals surface area contributed by atoms with Crippen LogP contribution in [0.2, 0.25) is 0 Å². The van der Waals surface area contributed by atoms with Gasteiger partial charge in [0.15, 0.2) is 11.6 Å². The molecule has 0 radical (unpaired) electrons. The molecule has 0 spiro atoms. The fourth-order valence-corrected chi connectivity index (χ4v) is 6.71. The molecular weight excluding hydrogens is 506 g/mol. The van der Waals surface area contributed by atoms with Crippen LogP contribution in [0.4, 0.5) is 22.4 Å². The van der Waals surface area contributed by atoms with Gasteiger partial charge in [0.25, 0.3) is 0 Å². The van der Waals surface area contributed by atoms with Crippen LogP contribution < -0.4 is 15.5 Å². The molecule has 3 fully saturated rings. The number of pyridine rings is 1. The molecule has 2 saturated carbocycles. The van der Waals surface area contributed by atoms with Gasteiger partial charge in [-0.25, -0.2) is 9.78 Å². The summed E-state index contributed by atoms with van der Waals surface area (Å²) in [6, 6.07) is 6.48. The molecule has 0 bridgehead atoms. The first-order valence-electron chi connectivity index (χ1n) is 14.2. The number of carbonyl (C=O) groups is 1. The zero-order valence-electron chi connectivity index (χ0n) is 23.4. The molecule has 2 N–H and O–H groups in total. The van der Waals surface area contributed by atoms with E-state index in [0.29, 0.717) is 23.7 Å². The fraction of sp³-hybridized carbons (Fsp3) is 0.517. The summed E-state index contributed by atoms with van der Waals surface area (Å²) in [5.74, 6) is 2.27. The van der Waals surface area contributed by atoms with Crippen molar-refractivity contribution in [2.75, 3.05) is 23.3 Å². The Balaban J connectivity index is 1.05. The molecule has 11 nitrogen and oxygen atoms in total. The molecule has 3 aliphatic rings. The number of ether oxygens (including phenoxy) is 1. The molecule has 11 heteroatoms. The second-order valence-corrected chi connectivity index (χ2v) is 12.7. The summed E-state index contributed by atoms with van der Waals surface area (Å²) in [7, 11) is 0. The van der Waals surface area contributed by atoms with Crippen LogP contribution in [0, 0.1) is 11.3 Å². The summed E-state index contributed by atoms with van der Waals surface area (Å²) in [4.78, 5) is 28.4. The van der Waals surface area contributed by atoms with Gasteiger partial charge in [0.05, 0.1) is 11.7 Å². The van der Waals surface area contributed by atoms with Crippen molar-refractivity contribution in [1.82, 2.24) is 35.0 Å². The first-order valence-corrected chi connectivity index (χ1v) is 14.2. The molecule has 208 valence electrons. The van der Waals surface area contributed by atoms with Gasteiger partial charge in [0.2, 0.25) is 5.95 Å². The second-order valence-electron chi connectivity index (χ2n) is 12.7. The molecule has 1 aliphatic heterocycles. The molecule has 40 heavy (non-hydrogen) atoms. The van der Waals surface area contributed by atoms with Gasteiger partial charge in [-0.05, 0) is 51.8 Å². The van der Waals surface area contributed by atoms with Crippen molar-refractivity contribution in [2.24, 2.45) is 11.3 Å². The lowest BCUT2D eigenvalue weighted by molar-refractivity contribution is 0.0514. The van der Waals surface area contributed by atoms with Gasteiger partial charge >= 0.3 is 6.09 Å². The SMILES string of the molecule is CC(C)(C)OC(=O)NC1[C@H]2CN(c3ccc(Nc4ncc5c6ccncc6n(C6CCCC6)c5n4)nn3)C[C@@]12C. The van der Waals surface area contributed by atoms with Crippen molar-refractivity contribution in [1.29, 1.82) is 0 Å². The first kappa shape index (κ1) is 25.0. The van der Waals surface area contributed by atoms with E-state index in [1.807, 2.05) is 57.6 Å². The van der Waals surface area contributed by atoms with Crippen LogP contribution in [-0.2, 0) is 4.74 Å². The van der Waals surface area contributed by atoms with E-state index in [0.717, 1.165) is 53.7 Å². The average molecular weight is 542 g/mol. The van der Waals surface area contributed by atoms with E-state index in [2.05, 4.69) is 47.2 Å². The maximum Gasteiger partial charge on any atom is 0.407 e. The van der Waals surface area contributed by atoms with Gasteiger partial charge < -0.3 is 24.8 Å². The summed E-state index contributed by atoms with van der Waals surface area (Å²) in [5, 5.41) is 17.4. The van der Waals surface area contributed by atoms with Crippen LogP contribution in [0.15, 0.2) is 36.8 Å². The van der Waals surface area contributed by atoms with Gasteiger partial charge in [0.1, 0.15) is 11.2 Å². The number of rotatable bonds is 5. The highest BCUT2D eigenvalue weighted by atomic mass is 16.6. The number of nitrogens with one attached hydrogen (secondary N) is 2. The van der Waals surface area contributed by atoms with Crippen LogP contribution in [0.5, 0.6) is 0 Å². The molecule has 3 atom stereocenters. The van der Waals surface area contributed by atoms with Crippen LogP contribution in [0.3, 0.4) is 0 Å². The third-order valence-electron chi connectivity index (χ3n) is 8.72. The molecular formula is C29H35N9O2. The van der Waals surface area contributed by atoms with Crippen LogP contribution >= 0.6 is 0 Å². The third kappa shape index (κ3) is 4.28. The highest BCUT2D eigenvalue weighted by Gasteiger charge is 2.67. The fourth-order valence-electron chi connectivity index (χ4n) is 6.71. The smallest absolute Gasteiger partial charge is 0.407 e. The molecule has 1 saturated heterocycles. The minimum Gasteiger partial charge on any atom is -0.444 e. The van der Waals surface area contributed by atoms with Crippen molar-refractivity contribution < 1.29 is 9.53 Å². The lowest BCUT2D eigenvalue weighted by Crippen LogP contribution is -2.40. The second kappa shape index (κ2) is 9.00. The molecule has 7 rings (SSSR count). The van der Waals surface area contributed by atoms with Crippen molar-refractivity contribution in [3.8, 4) is 0 Å². The first-order chi connectivity index (χ1) is 19.2. The van der Waals surface area contributed by atoms with Crippen LogP contribution in [-0.4, -0.2) is 60.5 Å². The van der Waals surface area contributed by atoms with Gasteiger partial charge in [-0.3, -0.25) is 4.98 Å². The number of nitrogens with zero attached hydrogens (tertiary/aromatic N) is 7. The van der Waals surface area contributed by atoms with E-state index < -0.39 is 5.60 Å². The lowest BCUT2D eigenvalue weighted by Gasteiger charge is -2.24. The molecule has 4 aromatic rings. The monoisotopic (exact) mass is 541 g/mol. The summed E-state index contributed by atoms with van der Waals surface area (Å²) in [6.45, 7) is 9.45. The van der Waals surface area contributed by atoms with E-state index >= 15 is 0 Å². The molecule has 5 heterocycles. The minimum atomic E-state index is -0.505. The van der Waals surface area contributed by atoms with Crippen molar-refractivity contribution in [3.05, 3.63) is 36.8 Å². The Bertz CT molecular complexity index is 1590. The maximum atomic E-state index is 12.2. The van der Waals surface area contributed by atoms with Gasteiger partial charge in [0, 0.05) is 59.7 Å². The van der Waals surface area contributed by atoms with Crippen molar-refractivity contribution in [3.63, 3.8) is 0 Å². The Morgan fingerprint density at radius 2 is 1.93 bits per heavy atom. The van der Waals surface area contributed by atoms with Crippen molar-refractivity contribution >= 4 is 45.6 Å². The number of hydrogen-bond donors (Lipinski definition) is 2. The zero-order chi connectivity index (χ0) is 27.6. The van der Waals surface area contributed by atoms with E-state index in [1.54, 1.807) is 0 Å². The normalized spacial score (nSPS) is 24.4. The number of hydrogen-bond acceptors (Lipinski definition) is 9. The quantitative estimate of drug-likeness (QED) is 0.360. The molecule has 4 aromatic heterocycles. The standard InChI is InChI=1S/C29H35N9O2/c1-28(2,3)40-27(39)33-24-20-15-37(16-29(20,24)4)23-10-9-22(35-36-23)32-26-31-13-19-18-11-12-30-14-21(18)38(25(19)34-26)17-7-5-6-8-17/h9-14,17,20,24H,5-8,15-16H2,1-4H3,(H,33,39)(H,31,32,34,35)/t20-,24?,29-/m1/s1. The largest absolute Gasteiger partial charge is 0.444 e. The number of aromatic nitrogens is 6. The Morgan fingerprint density at radius 1 is 1.10 bits per heavy atom. The summed E-state index contributed by atoms with van der Waals surface area (Å²) in [5.41, 5.74) is 1.54. The average Bonchev–Trinajstić information content (AvgIpc) is 3.41. The zero-order valence-corrected chi connectivity index (χ0v) is 23.4. The number of piperidine rings is 1. The Labute approximate surface area is 232 Å². The maximum absolute atomic E-state index is 12.2. The Morgan fingerprint density at radius 3 is 2.62 bits per heavy atom. The topological polar surface area (TPSA) is 123 Å². The van der Waals surface area contributed by atoms with E-state index in [1.165, 1.54) is 12.8 Å². The molecule has 0 aromatic carbocycles. The Kier molecular flexibility index (Phi) is 5.62. The van der Waals surface area contributed by atoms with Gasteiger partial charge in [-0.2, -0.15) is 4.98 Å². The number of anilines is 3. The van der Waals surface area contributed by atoms with Gasteiger partial charge in [-0.1, -0.05) is 19.8 Å². The molecule has 1 unspecified atom stereocenters. The summed E-state index contributed by atoms with van der Waals surface area (Å²) >= 11 is 0. The van der Waals surface area contributed by atoms with Gasteiger partial charge in [-0.15, -0.1) is 10.2 Å². The minimum absolute atomic E-state index is 0.00600. The number of carbonyl (C=O) groups excluding carboxylic acids is 1. The Hall–Kier alpha value is -4.02. The molecule has 1 amide bonds. The third-order valence-corrected chi connectivity index (χ3v) is 8.72. The molecule has 2 aliphatic carbocycles. The van der Waals surface area contributed by atoms with E-state index in [4.69, 9.17) is 9.72 Å². The predicted molar refractivity (Wildman–Crippen MR) is 153 cm³/mol. The van der Waals surface area contributed by atoms with Crippen LogP contribution in [0.1, 0.15) is 59.4 Å². The lowest BCUT2D eigenvalue weighted by atomic mass is 10.1. The number of fused-ring (bicyclic) bond motifs is 4. The number of amides is 1. The summed E-state index contributed by atoms with van der Waals surface area (Å²) in [6.07, 6.45) is 10.1. The van der Waals surface area contributed by atoms with E-state index in [9.17, 15) is 4.79 Å². The van der Waals surface area contributed by atoms with Crippen LogP contribution in [0.25, 0.3) is 21.9 Å². The highest BCUT2D eigenvalue weighted by molar-refractivity contribution is 6.06. The highest BCUT2D eigenvalue weighted by Crippen LogP contribution is 2.58. The predicted octanol–water partition coefficient (Wildman–Crippen LogP) is 4.98.